The van der Waals surface area contributed by atoms with E-state index in [0.29, 0.717) is 22.9 Å². The molecule has 3 rings (SSSR count). The van der Waals surface area contributed by atoms with Gasteiger partial charge in [-0.3, -0.25) is 9.89 Å². The second-order valence-electron chi connectivity index (χ2n) is 6.09. The van der Waals surface area contributed by atoms with Gasteiger partial charge in [0.25, 0.3) is 0 Å². The number of phenols is 1. The molecule has 0 aliphatic carbocycles. The van der Waals surface area contributed by atoms with E-state index in [2.05, 4.69) is 22.0 Å². The molecule has 1 N–H and O–H groups in total. The Morgan fingerprint density at radius 2 is 1.96 bits per heavy atom. The van der Waals surface area contributed by atoms with Crippen molar-refractivity contribution >= 4 is 23.5 Å². The third-order valence-corrected chi connectivity index (χ3v) is 4.39. The molecule has 2 aromatic rings. The average molecular weight is 375 g/mol. The predicted molar refractivity (Wildman–Crippen MR) is 104 cm³/mol. The molecule has 0 radical (unpaired) electrons. The van der Waals surface area contributed by atoms with E-state index in [1.165, 1.54) is 5.56 Å². The second-order valence-corrected chi connectivity index (χ2v) is 6.52. The third-order valence-electron chi connectivity index (χ3n) is 4.17. The van der Waals surface area contributed by atoms with Crippen molar-refractivity contribution in [1.29, 1.82) is 0 Å². The Morgan fingerprint density at radius 3 is 2.65 bits per heavy atom. The first-order valence-corrected chi connectivity index (χ1v) is 9.12. The van der Waals surface area contributed by atoms with Gasteiger partial charge in [0.15, 0.2) is 11.5 Å². The van der Waals surface area contributed by atoms with Crippen LogP contribution in [-0.2, 0) is 11.3 Å². The second kappa shape index (κ2) is 9.03. The van der Waals surface area contributed by atoms with E-state index in [4.69, 9.17) is 21.1 Å². The predicted octanol–water partition coefficient (Wildman–Crippen LogP) is 4.03. The van der Waals surface area contributed by atoms with Gasteiger partial charge < -0.3 is 14.6 Å². The molecule has 5 nitrogen and oxygen atoms in total. The standard InChI is InChI=1S/C20H23ClN2O3/c1-2-26-19-12-17(21)11-16(20(19)24)13-22-18-5-3-15(4-6-18)14-23-7-9-25-10-8-23/h3-6,11-13,24H,2,7-10,14H2,1H3. The number of morpholine rings is 1. The van der Waals surface area contributed by atoms with Crippen molar-refractivity contribution in [3.8, 4) is 11.5 Å². The lowest BCUT2D eigenvalue weighted by molar-refractivity contribution is 0.0342. The van der Waals surface area contributed by atoms with Crippen LogP contribution in [0.5, 0.6) is 11.5 Å². The minimum absolute atomic E-state index is 0.0453. The monoisotopic (exact) mass is 374 g/mol. The minimum Gasteiger partial charge on any atom is -0.504 e. The zero-order valence-electron chi connectivity index (χ0n) is 14.8. The summed E-state index contributed by atoms with van der Waals surface area (Å²) in [5.74, 6) is 0.409. The van der Waals surface area contributed by atoms with Gasteiger partial charge in [0.2, 0.25) is 0 Å². The van der Waals surface area contributed by atoms with E-state index < -0.39 is 0 Å². The number of halogens is 1. The molecule has 0 spiro atoms. The molecule has 0 amide bonds. The first-order valence-electron chi connectivity index (χ1n) is 8.74. The molecule has 0 aromatic heterocycles. The summed E-state index contributed by atoms with van der Waals surface area (Å²) in [4.78, 5) is 6.81. The first-order chi connectivity index (χ1) is 12.7. The Hall–Kier alpha value is -2.08. The lowest BCUT2D eigenvalue weighted by Crippen LogP contribution is -2.35. The largest absolute Gasteiger partial charge is 0.504 e. The zero-order chi connectivity index (χ0) is 18.4. The van der Waals surface area contributed by atoms with Gasteiger partial charge in [0, 0.05) is 42.5 Å². The molecule has 1 heterocycles. The van der Waals surface area contributed by atoms with Crippen LogP contribution in [0.15, 0.2) is 41.4 Å². The summed E-state index contributed by atoms with van der Waals surface area (Å²) in [5.41, 5.74) is 2.58. The molecule has 26 heavy (non-hydrogen) atoms. The number of aliphatic imine (C=N–C) groups is 1. The van der Waals surface area contributed by atoms with Crippen molar-refractivity contribution < 1.29 is 14.6 Å². The average Bonchev–Trinajstić information content (AvgIpc) is 2.65. The van der Waals surface area contributed by atoms with Crippen LogP contribution in [0.2, 0.25) is 5.02 Å². The van der Waals surface area contributed by atoms with Gasteiger partial charge in [-0.1, -0.05) is 23.7 Å². The molecule has 0 saturated carbocycles. The highest BCUT2D eigenvalue weighted by molar-refractivity contribution is 6.31. The van der Waals surface area contributed by atoms with E-state index in [0.717, 1.165) is 38.5 Å². The van der Waals surface area contributed by atoms with Crippen LogP contribution in [0, 0.1) is 0 Å². The summed E-state index contributed by atoms with van der Waals surface area (Å²) in [7, 11) is 0. The summed E-state index contributed by atoms with van der Waals surface area (Å²) >= 11 is 6.09. The summed E-state index contributed by atoms with van der Waals surface area (Å²) in [5, 5.41) is 10.8. The molecule has 6 heteroatoms. The Bertz CT molecular complexity index is 756. The van der Waals surface area contributed by atoms with E-state index in [1.54, 1.807) is 18.3 Å². The van der Waals surface area contributed by atoms with Crippen LogP contribution < -0.4 is 4.74 Å². The van der Waals surface area contributed by atoms with Crippen molar-refractivity contribution in [1.82, 2.24) is 4.90 Å². The molecule has 1 aliphatic heterocycles. The topological polar surface area (TPSA) is 54.3 Å². The van der Waals surface area contributed by atoms with E-state index in [9.17, 15) is 5.11 Å². The number of rotatable bonds is 6. The van der Waals surface area contributed by atoms with Gasteiger partial charge in [-0.2, -0.15) is 0 Å². The molecule has 0 atom stereocenters. The van der Waals surface area contributed by atoms with Crippen LogP contribution >= 0.6 is 11.6 Å². The summed E-state index contributed by atoms with van der Waals surface area (Å²) in [6, 6.07) is 11.3. The summed E-state index contributed by atoms with van der Waals surface area (Å²) in [6.45, 7) is 6.76. The molecular formula is C20H23ClN2O3. The molecule has 0 bridgehead atoms. The van der Waals surface area contributed by atoms with Gasteiger partial charge in [0.1, 0.15) is 0 Å². The van der Waals surface area contributed by atoms with Crippen molar-refractivity contribution in [2.75, 3.05) is 32.9 Å². The molecule has 2 aromatic carbocycles. The molecule has 1 fully saturated rings. The maximum atomic E-state index is 10.3. The molecule has 1 saturated heterocycles. The van der Waals surface area contributed by atoms with Crippen molar-refractivity contribution in [2.24, 2.45) is 4.99 Å². The number of phenolic OH excluding ortho intramolecular Hbond substituents is 1. The van der Waals surface area contributed by atoms with E-state index >= 15 is 0 Å². The third kappa shape index (κ3) is 4.97. The number of hydrogen-bond donors (Lipinski definition) is 1. The molecular weight excluding hydrogens is 352 g/mol. The van der Waals surface area contributed by atoms with Crippen LogP contribution in [0.4, 0.5) is 5.69 Å². The lowest BCUT2D eigenvalue weighted by atomic mass is 10.2. The molecule has 138 valence electrons. The number of benzene rings is 2. The number of hydrogen-bond acceptors (Lipinski definition) is 5. The minimum atomic E-state index is 0.0453. The molecule has 1 aliphatic rings. The fourth-order valence-corrected chi connectivity index (χ4v) is 3.02. The van der Waals surface area contributed by atoms with Gasteiger partial charge in [0.05, 0.1) is 25.5 Å². The Morgan fingerprint density at radius 1 is 1.23 bits per heavy atom. The van der Waals surface area contributed by atoms with Crippen molar-refractivity contribution in [2.45, 2.75) is 13.5 Å². The van der Waals surface area contributed by atoms with Crippen LogP contribution in [-0.4, -0.2) is 49.1 Å². The summed E-state index contributed by atoms with van der Waals surface area (Å²) in [6.07, 6.45) is 1.60. The Balaban J connectivity index is 1.68. The van der Waals surface area contributed by atoms with Gasteiger partial charge >= 0.3 is 0 Å². The lowest BCUT2D eigenvalue weighted by Gasteiger charge is -2.26. The Labute approximate surface area is 158 Å². The van der Waals surface area contributed by atoms with Crippen LogP contribution in [0.25, 0.3) is 0 Å². The van der Waals surface area contributed by atoms with E-state index in [-0.39, 0.29) is 5.75 Å². The zero-order valence-corrected chi connectivity index (χ0v) is 15.6. The van der Waals surface area contributed by atoms with Crippen LogP contribution in [0.3, 0.4) is 0 Å². The highest BCUT2D eigenvalue weighted by Gasteiger charge is 2.11. The number of ether oxygens (including phenoxy) is 2. The van der Waals surface area contributed by atoms with Crippen molar-refractivity contribution in [3.05, 3.63) is 52.5 Å². The maximum Gasteiger partial charge on any atom is 0.166 e. The maximum absolute atomic E-state index is 10.3. The smallest absolute Gasteiger partial charge is 0.166 e. The number of aromatic hydroxyl groups is 1. The first kappa shape index (κ1) is 18.7. The van der Waals surface area contributed by atoms with Gasteiger partial charge in [-0.25, -0.2) is 0 Å². The van der Waals surface area contributed by atoms with Crippen LogP contribution in [0.1, 0.15) is 18.1 Å². The highest BCUT2D eigenvalue weighted by atomic mass is 35.5. The molecule has 0 unspecified atom stereocenters. The van der Waals surface area contributed by atoms with Crippen molar-refractivity contribution in [3.63, 3.8) is 0 Å². The normalized spacial score (nSPS) is 15.5. The van der Waals surface area contributed by atoms with E-state index in [1.807, 2.05) is 19.1 Å². The van der Waals surface area contributed by atoms with Gasteiger partial charge in [-0.05, 0) is 30.7 Å². The number of nitrogens with zero attached hydrogens (tertiary/aromatic N) is 2. The fraction of sp³-hybridized carbons (Fsp3) is 0.350. The quantitative estimate of drug-likeness (QED) is 0.776. The summed E-state index contributed by atoms with van der Waals surface area (Å²) < 4.78 is 10.8. The van der Waals surface area contributed by atoms with Gasteiger partial charge in [-0.15, -0.1) is 0 Å². The Kier molecular flexibility index (Phi) is 6.50. The SMILES string of the molecule is CCOc1cc(Cl)cc(C=Nc2ccc(CN3CCOCC3)cc2)c1O. The highest BCUT2D eigenvalue weighted by Crippen LogP contribution is 2.33. The fourth-order valence-electron chi connectivity index (χ4n) is 2.81.